The third-order valence-electron chi connectivity index (χ3n) is 2.05. The Morgan fingerprint density at radius 3 is 2.42 bits per heavy atom. The van der Waals surface area contributed by atoms with Crippen LogP contribution in [0.4, 0.5) is 0 Å². The van der Waals surface area contributed by atoms with E-state index in [0.717, 1.165) is 22.3 Å². The van der Waals surface area contributed by atoms with Crippen molar-refractivity contribution in [3.8, 4) is 0 Å². The first-order valence-corrected chi connectivity index (χ1v) is 3.80. The number of aryl methyl sites for hydroxylation is 1. The molecule has 0 unspecified atom stereocenters. The van der Waals surface area contributed by atoms with Crippen LogP contribution in [-0.2, 0) is 0 Å². The predicted octanol–water partition coefficient (Wildman–Crippen LogP) is 1.77. The van der Waals surface area contributed by atoms with E-state index in [1.165, 1.54) is 0 Å². The average molecular weight is 161 g/mol. The average Bonchev–Trinajstić information content (AvgIpc) is 1.97. The van der Waals surface area contributed by atoms with Gasteiger partial charge in [-0.25, -0.2) is 0 Å². The van der Waals surface area contributed by atoms with Crippen LogP contribution in [0.3, 0.4) is 0 Å². The van der Waals surface area contributed by atoms with Gasteiger partial charge in [0.25, 0.3) is 0 Å². The Bertz CT molecular complexity index is 327. The first kappa shape index (κ1) is 8.78. The van der Waals surface area contributed by atoms with Crippen molar-refractivity contribution in [2.45, 2.75) is 13.8 Å². The van der Waals surface area contributed by atoms with E-state index in [-0.39, 0.29) is 5.84 Å². The van der Waals surface area contributed by atoms with Crippen molar-refractivity contribution in [3.63, 3.8) is 0 Å². The van der Waals surface area contributed by atoms with Gasteiger partial charge in [-0.3, -0.25) is 5.41 Å². The van der Waals surface area contributed by atoms with Gasteiger partial charge >= 0.3 is 0 Å². The molecule has 1 aromatic carbocycles. The van der Waals surface area contributed by atoms with Crippen LogP contribution in [0.15, 0.2) is 12.1 Å². The quantitative estimate of drug-likeness (QED) is 0.478. The number of rotatable bonds is 1. The second kappa shape index (κ2) is 2.97. The summed E-state index contributed by atoms with van der Waals surface area (Å²) in [5, 5.41) is 7.36. The molecule has 1 aromatic rings. The van der Waals surface area contributed by atoms with Crippen LogP contribution in [0.2, 0.25) is 0 Å². The van der Waals surface area contributed by atoms with E-state index in [2.05, 4.69) is 6.92 Å². The fourth-order valence-electron chi connectivity index (χ4n) is 1.30. The van der Waals surface area contributed by atoms with Gasteiger partial charge in [0.1, 0.15) is 5.84 Å². The van der Waals surface area contributed by atoms with E-state index in [1.54, 1.807) is 0 Å². The van der Waals surface area contributed by atoms with E-state index in [0.29, 0.717) is 0 Å². The molecule has 0 aliphatic rings. The Morgan fingerprint density at radius 2 is 2.00 bits per heavy atom. The van der Waals surface area contributed by atoms with Crippen LogP contribution >= 0.6 is 0 Å². The van der Waals surface area contributed by atoms with Crippen molar-refractivity contribution in [1.29, 1.82) is 5.41 Å². The Kier molecular flexibility index (Phi) is 2.18. The second-order valence-corrected chi connectivity index (χ2v) is 2.96. The van der Waals surface area contributed by atoms with Crippen molar-refractivity contribution in [3.05, 3.63) is 41.3 Å². The molecule has 2 nitrogen and oxygen atoms in total. The van der Waals surface area contributed by atoms with E-state index in [1.807, 2.05) is 26.0 Å². The van der Waals surface area contributed by atoms with Crippen LogP contribution in [0, 0.1) is 26.2 Å². The summed E-state index contributed by atoms with van der Waals surface area (Å²) in [4.78, 5) is 0. The molecule has 63 valence electrons. The standard InChI is InChI=1S/C10H13N2/c1-6-4-5-7(2)9(8(6)3)10(11)12/h4-5H,1H2,2-3H3,(H3,11,12). The number of nitrogen functional groups attached to an aromatic ring is 1. The number of nitrogens with two attached hydrogens (primary N) is 1. The van der Waals surface area contributed by atoms with Gasteiger partial charge in [0.2, 0.25) is 0 Å². The Balaban J connectivity index is 3.43. The minimum Gasteiger partial charge on any atom is -0.384 e. The summed E-state index contributed by atoms with van der Waals surface area (Å²) in [6.45, 7) is 7.74. The monoisotopic (exact) mass is 161 g/mol. The molecule has 0 saturated carbocycles. The molecule has 2 heteroatoms. The van der Waals surface area contributed by atoms with Gasteiger partial charge in [-0.15, -0.1) is 0 Å². The molecule has 0 atom stereocenters. The molecule has 0 amide bonds. The zero-order valence-electron chi connectivity index (χ0n) is 7.44. The van der Waals surface area contributed by atoms with Crippen LogP contribution < -0.4 is 5.73 Å². The van der Waals surface area contributed by atoms with Crippen LogP contribution in [-0.4, -0.2) is 5.84 Å². The zero-order valence-corrected chi connectivity index (χ0v) is 7.44. The summed E-state index contributed by atoms with van der Waals surface area (Å²) in [6, 6.07) is 3.88. The lowest BCUT2D eigenvalue weighted by molar-refractivity contribution is 1.29. The topological polar surface area (TPSA) is 49.9 Å². The molecule has 0 bridgehead atoms. The molecule has 0 fully saturated rings. The molecule has 0 aliphatic heterocycles. The van der Waals surface area contributed by atoms with Gasteiger partial charge < -0.3 is 5.73 Å². The number of benzene rings is 1. The lowest BCUT2D eigenvalue weighted by Crippen LogP contribution is -2.15. The Hall–Kier alpha value is -1.31. The normalized spacial score (nSPS) is 9.92. The highest BCUT2D eigenvalue weighted by atomic mass is 14.7. The summed E-state index contributed by atoms with van der Waals surface area (Å²) < 4.78 is 0. The number of amidine groups is 1. The van der Waals surface area contributed by atoms with E-state index < -0.39 is 0 Å². The largest absolute Gasteiger partial charge is 0.384 e. The Labute approximate surface area is 72.9 Å². The minimum absolute atomic E-state index is 0.121. The maximum absolute atomic E-state index is 7.36. The summed E-state index contributed by atoms with van der Waals surface area (Å²) >= 11 is 0. The third-order valence-corrected chi connectivity index (χ3v) is 2.05. The summed E-state index contributed by atoms with van der Waals surface area (Å²) in [6.07, 6.45) is 0. The van der Waals surface area contributed by atoms with E-state index in [9.17, 15) is 0 Å². The van der Waals surface area contributed by atoms with E-state index >= 15 is 0 Å². The zero-order chi connectivity index (χ0) is 9.30. The van der Waals surface area contributed by atoms with Crippen molar-refractivity contribution < 1.29 is 0 Å². The fourth-order valence-corrected chi connectivity index (χ4v) is 1.30. The molecule has 3 N–H and O–H groups in total. The first-order chi connectivity index (χ1) is 5.54. The highest BCUT2D eigenvalue weighted by molar-refractivity contribution is 5.98. The van der Waals surface area contributed by atoms with Crippen molar-refractivity contribution >= 4 is 5.84 Å². The molecular formula is C10H13N2. The molecule has 12 heavy (non-hydrogen) atoms. The highest BCUT2D eigenvalue weighted by Crippen LogP contribution is 2.16. The highest BCUT2D eigenvalue weighted by Gasteiger charge is 2.06. The molecule has 0 saturated heterocycles. The maximum atomic E-state index is 7.36. The fraction of sp³-hybridized carbons (Fsp3) is 0.200. The lowest BCUT2D eigenvalue weighted by atomic mass is 9.98. The lowest BCUT2D eigenvalue weighted by Gasteiger charge is -2.09. The molecule has 1 radical (unpaired) electrons. The second-order valence-electron chi connectivity index (χ2n) is 2.96. The summed E-state index contributed by atoms with van der Waals surface area (Å²) in [5.41, 5.74) is 9.23. The molecule has 0 aromatic heterocycles. The number of hydrogen-bond acceptors (Lipinski definition) is 1. The van der Waals surface area contributed by atoms with E-state index in [4.69, 9.17) is 11.1 Å². The van der Waals surface area contributed by atoms with Crippen molar-refractivity contribution in [2.75, 3.05) is 0 Å². The number of nitrogens with one attached hydrogen (secondary N) is 1. The molecule has 0 spiro atoms. The minimum atomic E-state index is 0.121. The SMILES string of the molecule is [CH2]c1ccc(C)c(C(=N)N)c1C. The molecule has 1 rings (SSSR count). The summed E-state index contributed by atoms with van der Waals surface area (Å²) in [7, 11) is 0. The van der Waals surface area contributed by atoms with Crippen molar-refractivity contribution in [1.82, 2.24) is 0 Å². The van der Waals surface area contributed by atoms with Gasteiger partial charge in [-0.2, -0.15) is 0 Å². The smallest absolute Gasteiger partial charge is 0.123 e. The van der Waals surface area contributed by atoms with Gasteiger partial charge in [-0.05, 0) is 37.5 Å². The predicted molar refractivity (Wildman–Crippen MR) is 51.4 cm³/mol. The van der Waals surface area contributed by atoms with Gasteiger partial charge in [0.15, 0.2) is 0 Å². The van der Waals surface area contributed by atoms with Crippen molar-refractivity contribution in [2.24, 2.45) is 5.73 Å². The van der Waals surface area contributed by atoms with Crippen LogP contribution in [0.1, 0.15) is 22.3 Å². The molecule has 0 aliphatic carbocycles. The molecule has 0 heterocycles. The third kappa shape index (κ3) is 1.33. The van der Waals surface area contributed by atoms with Crippen LogP contribution in [0.5, 0.6) is 0 Å². The Morgan fingerprint density at radius 1 is 1.42 bits per heavy atom. The summed E-state index contributed by atoms with van der Waals surface area (Å²) in [5.74, 6) is 0.121. The molecular weight excluding hydrogens is 148 g/mol. The van der Waals surface area contributed by atoms with Gasteiger partial charge in [0.05, 0.1) is 0 Å². The first-order valence-electron chi connectivity index (χ1n) is 3.80. The maximum Gasteiger partial charge on any atom is 0.123 e. The van der Waals surface area contributed by atoms with Crippen LogP contribution in [0.25, 0.3) is 0 Å². The van der Waals surface area contributed by atoms with Gasteiger partial charge in [-0.1, -0.05) is 12.1 Å². The van der Waals surface area contributed by atoms with Gasteiger partial charge in [0, 0.05) is 5.56 Å². The number of hydrogen-bond donors (Lipinski definition) is 2.